The van der Waals surface area contributed by atoms with Crippen molar-refractivity contribution < 1.29 is 10.9 Å². The van der Waals surface area contributed by atoms with Crippen LogP contribution in [-0.4, -0.2) is 0 Å². The van der Waals surface area contributed by atoms with Crippen LogP contribution in [0.3, 0.4) is 0 Å². The molecule has 2 aliphatic heterocycles. The second-order valence-electron chi connectivity index (χ2n) is 14.6. The molecule has 8 aromatic carbocycles. The van der Waals surface area contributed by atoms with Gasteiger partial charge in [-0.15, -0.1) is 0 Å². The molecule has 0 aliphatic carbocycles. The van der Waals surface area contributed by atoms with Crippen molar-refractivity contribution in [3.05, 3.63) is 277 Å². The van der Waals surface area contributed by atoms with Crippen molar-refractivity contribution in [2.45, 2.75) is 25.2 Å². The molecule has 304 valence electrons. The third-order valence-corrected chi connectivity index (χ3v) is 10.7. The van der Waals surface area contributed by atoms with E-state index in [0.717, 1.165) is 13.1 Å². The number of para-hydroxylation sites is 4. The molecule has 0 atom stereocenters. The Bertz CT molecular complexity index is 2260. The molecule has 2 aliphatic rings. The van der Waals surface area contributed by atoms with Crippen LogP contribution in [0, 0.1) is 13.3 Å². The first-order valence-corrected chi connectivity index (χ1v) is 25.0. The zero-order valence-corrected chi connectivity index (χ0v) is 37.5. The molecule has 0 unspecified atom stereocenters. The van der Waals surface area contributed by atoms with Crippen molar-refractivity contribution in [2.24, 2.45) is 0 Å². The van der Waals surface area contributed by atoms with Crippen LogP contribution in [0.1, 0.15) is 45.5 Å². The summed E-state index contributed by atoms with van der Waals surface area (Å²) in [5.41, 5.74) is 12.3. The summed E-state index contributed by atoms with van der Waals surface area (Å²) >= 11 is 6.00. The van der Waals surface area contributed by atoms with Crippen molar-refractivity contribution in [2.75, 3.05) is 19.6 Å². The van der Waals surface area contributed by atoms with Gasteiger partial charge in [-0.3, -0.25) is 0 Å². The third-order valence-electron chi connectivity index (χ3n) is 10.7. The van der Waals surface area contributed by atoms with Gasteiger partial charge in [-0.1, -0.05) is 206 Å². The average Bonchev–Trinajstić information content (AvgIpc) is 3.86. The van der Waals surface area contributed by atoms with Gasteiger partial charge in [0.2, 0.25) is 13.3 Å². The number of nitrogens with zero attached hydrogens (tertiary/aromatic N) is 4. The average molecular weight is 967 g/mol. The Morgan fingerprint density at radius 2 is 0.557 bits per heavy atom. The second-order valence-corrected chi connectivity index (χ2v) is 19.5. The largest absolute Gasteiger partial charge is 0.335 e. The molecule has 7 heteroatoms. The molecule has 0 spiro atoms. The fourth-order valence-corrected chi connectivity index (χ4v) is 7.96. The number of halogens is 2. The fourth-order valence-electron chi connectivity index (χ4n) is 7.96. The molecule has 4 nitrogen and oxygen atoms in total. The molecule has 0 N–H and O–H groups in total. The van der Waals surface area contributed by atoms with Gasteiger partial charge < -0.3 is 19.6 Å². The number of anilines is 4. The summed E-state index contributed by atoms with van der Waals surface area (Å²) in [5, 5.41) is 0. The third kappa shape index (κ3) is 10.3. The van der Waals surface area contributed by atoms with Crippen LogP contribution in [0.15, 0.2) is 231 Å². The van der Waals surface area contributed by atoms with Crippen LogP contribution >= 0.6 is 28.5 Å². The first-order valence-electron chi connectivity index (χ1n) is 20.2. The first kappa shape index (κ1) is 42.1. The van der Waals surface area contributed by atoms with E-state index in [0.29, 0.717) is 0 Å². The molecule has 2 heterocycles. The number of hydrogen-bond donors (Lipinski definition) is 0. The van der Waals surface area contributed by atoms with E-state index in [1.54, 1.807) is 0 Å². The van der Waals surface area contributed by atoms with E-state index in [1.165, 1.54) is 67.0 Å². The summed E-state index contributed by atoms with van der Waals surface area (Å²) < 4.78 is 0. The fraction of sp³-hybridized carbons (Fsp3) is 0.0741. The summed E-state index contributed by atoms with van der Waals surface area (Å²) in [6.45, 7) is 8.93. The molecular formula is C54H44Br2N4Ni. The zero-order valence-electron chi connectivity index (χ0n) is 33.4. The van der Waals surface area contributed by atoms with Crippen LogP contribution in [0.2, 0.25) is 0 Å². The SMILES string of the molecule is [Br][Ni][Br].[C]1N(Cc2ccccc2)c2ccccc2N1C(c1ccccc1)c1ccccc1.[C]1N(Cc2ccccc2)c2ccccc2N1C(c1ccccc1)c1ccccc1. The van der Waals surface area contributed by atoms with Crippen LogP contribution in [-0.2, 0) is 24.0 Å². The van der Waals surface area contributed by atoms with E-state index >= 15 is 0 Å². The van der Waals surface area contributed by atoms with Crippen molar-refractivity contribution in [1.82, 2.24) is 0 Å². The normalized spacial score (nSPS) is 12.7. The van der Waals surface area contributed by atoms with E-state index < -0.39 is 0 Å². The van der Waals surface area contributed by atoms with Gasteiger partial charge >= 0.3 is 39.3 Å². The topological polar surface area (TPSA) is 13.0 Å². The number of benzene rings is 8. The minimum Gasteiger partial charge on any atom is -0.335 e. The minimum atomic E-state index is 0.0688. The number of rotatable bonds is 10. The molecule has 0 amide bonds. The van der Waals surface area contributed by atoms with Crippen LogP contribution < -0.4 is 19.6 Å². The Balaban J connectivity index is 0.000000158. The summed E-state index contributed by atoms with van der Waals surface area (Å²) in [4.78, 5) is 9.01. The zero-order chi connectivity index (χ0) is 41.6. The Hall–Kier alpha value is -5.59. The molecule has 0 bridgehead atoms. The predicted molar refractivity (Wildman–Crippen MR) is 257 cm³/mol. The van der Waals surface area contributed by atoms with Crippen molar-refractivity contribution >= 4 is 51.2 Å². The maximum atomic E-state index is 3.67. The maximum Gasteiger partial charge on any atom is 0.210 e. The van der Waals surface area contributed by atoms with Crippen molar-refractivity contribution in [1.29, 1.82) is 0 Å². The molecule has 10 rings (SSSR count). The molecule has 0 saturated heterocycles. The minimum absolute atomic E-state index is 0.0688. The van der Waals surface area contributed by atoms with Gasteiger partial charge in [0.25, 0.3) is 0 Å². The molecule has 0 saturated carbocycles. The molecule has 8 aromatic rings. The summed E-state index contributed by atoms with van der Waals surface area (Å²) in [5.74, 6) is 0. The monoisotopic (exact) mass is 964 g/mol. The standard InChI is InChI=1S/2C27H22N2.2BrH.Ni/c2*1-4-12-22(13-5-1)20-28-21-29(26-19-11-10-18-25(26)28)27(23-14-6-2-7-15-23)24-16-8-3-9-17-24;;;/h2*1-19,27H,20H2;2*1H;/q;;;;+2/p-2. The molecule has 0 aromatic heterocycles. The maximum absolute atomic E-state index is 3.67. The van der Waals surface area contributed by atoms with Gasteiger partial charge in [0.05, 0.1) is 34.8 Å². The number of fused-ring (bicyclic) bond motifs is 2. The van der Waals surface area contributed by atoms with Crippen LogP contribution in [0.5, 0.6) is 0 Å². The Morgan fingerprint density at radius 3 is 0.836 bits per heavy atom. The first-order chi connectivity index (χ1) is 30.2. The Kier molecular flexibility index (Phi) is 14.7. The van der Waals surface area contributed by atoms with Gasteiger partial charge in [-0.25, -0.2) is 0 Å². The quantitative estimate of drug-likeness (QED) is 0.127. The van der Waals surface area contributed by atoms with Gasteiger partial charge in [0.15, 0.2) is 0 Å². The van der Waals surface area contributed by atoms with Crippen LogP contribution in [0.25, 0.3) is 0 Å². The Labute approximate surface area is 381 Å². The van der Waals surface area contributed by atoms with Gasteiger partial charge in [0.1, 0.15) is 0 Å². The van der Waals surface area contributed by atoms with E-state index in [1.807, 2.05) is 0 Å². The predicted octanol–water partition coefficient (Wildman–Crippen LogP) is 14.3. The van der Waals surface area contributed by atoms with Gasteiger partial charge in [-0.05, 0) is 57.6 Å². The van der Waals surface area contributed by atoms with E-state index in [4.69, 9.17) is 0 Å². The van der Waals surface area contributed by atoms with E-state index in [-0.39, 0.29) is 12.1 Å². The molecule has 4 radical (unpaired) electrons. The van der Waals surface area contributed by atoms with Crippen molar-refractivity contribution in [3.8, 4) is 0 Å². The van der Waals surface area contributed by atoms with Gasteiger partial charge in [0, 0.05) is 13.1 Å². The van der Waals surface area contributed by atoms with Crippen LogP contribution in [0.4, 0.5) is 22.7 Å². The summed E-state index contributed by atoms with van der Waals surface area (Å²) in [6, 6.07) is 81.1. The van der Waals surface area contributed by atoms with E-state index in [2.05, 4.69) is 292 Å². The van der Waals surface area contributed by atoms with E-state index in [9.17, 15) is 0 Å². The Morgan fingerprint density at radius 1 is 0.328 bits per heavy atom. The van der Waals surface area contributed by atoms with Gasteiger partial charge in [-0.2, -0.15) is 0 Å². The van der Waals surface area contributed by atoms with Crippen molar-refractivity contribution in [3.63, 3.8) is 0 Å². The smallest absolute Gasteiger partial charge is 0.210 e. The number of hydrogen-bond acceptors (Lipinski definition) is 4. The molecule has 61 heavy (non-hydrogen) atoms. The second kappa shape index (κ2) is 21.3. The summed E-state index contributed by atoms with van der Waals surface area (Å²) in [6.07, 6.45) is 0. The molecular weight excluding hydrogens is 923 g/mol. The molecule has 0 fully saturated rings. The summed E-state index contributed by atoms with van der Waals surface area (Å²) in [7, 11) is 1.25.